The lowest BCUT2D eigenvalue weighted by Crippen LogP contribution is -2.63. The first kappa shape index (κ1) is 71.1. The molecule has 0 saturated carbocycles. The topological polar surface area (TPSA) is 334 Å². The summed E-state index contributed by atoms with van der Waals surface area (Å²) in [6, 6.07) is -0.494. The van der Waals surface area contributed by atoms with Crippen molar-refractivity contribution in [2.75, 3.05) is 55.0 Å². The van der Waals surface area contributed by atoms with Crippen molar-refractivity contribution in [2.24, 2.45) is 29.4 Å². The number of rotatable bonds is 31. The van der Waals surface area contributed by atoms with E-state index < -0.39 is 150 Å². The number of primary amides is 1. The number of nitrogens with zero attached hydrogens (tertiary/aromatic N) is 5. The van der Waals surface area contributed by atoms with Crippen LogP contribution in [0.3, 0.4) is 0 Å². The Morgan fingerprint density at radius 2 is 1.21 bits per heavy atom. The number of methoxy groups -OCH3 is 2. The Labute approximate surface area is 494 Å². The number of aliphatic hydroxyl groups is 1. The summed E-state index contributed by atoms with van der Waals surface area (Å²) in [6.07, 6.45) is 0.660. The number of ether oxygens (including phenoxy) is 2. The molecule has 11 atom stereocenters. The number of carbonyl (C=O) groups is 12. The fourth-order valence-electron chi connectivity index (χ4n) is 10.6. The molecule has 0 bridgehead atoms. The van der Waals surface area contributed by atoms with Gasteiger partial charge < -0.3 is 66.1 Å². The molecule has 2 aliphatic rings. The van der Waals surface area contributed by atoms with Gasteiger partial charge in [-0.2, -0.15) is 0 Å². The number of nitrogens with one attached hydrogen (secondary N) is 4. The zero-order valence-corrected chi connectivity index (χ0v) is 51.5. The van der Waals surface area contributed by atoms with Crippen LogP contribution in [0.1, 0.15) is 132 Å². The van der Waals surface area contributed by atoms with Gasteiger partial charge in [0.25, 0.3) is 0 Å². The van der Waals surface area contributed by atoms with Gasteiger partial charge in [0.1, 0.15) is 54.4 Å². The van der Waals surface area contributed by atoms with Gasteiger partial charge in [0, 0.05) is 53.5 Å². The largest absolute Gasteiger partial charge is 0.469 e. The smallest absolute Gasteiger partial charge is 0.328 e. The second-order valence-corrected chi connectivity index (χ2v) is 22.9. The van der Waals surface area contributed by atoms with Gasteiger partial charge in [-0.05, 0) is 74.2 Å². The number of carbonyl (C=O) groups excluding carboxylic acids is 12. The standard InChI is InChI=1S/C59H94N10O15/c1-14-36(7)48(57(80)69-30-20-19-24-42(69)53(76)63-47(34(3)4)56(79)66(10)43(59(82)84-13)27-29-46(72)83-12)64-52(75)40(26-28-44(60)70)65(9)58(81)49(35(5)6)67(11)45(71)33-61-51(74)41-25-21-31-68(41)55(78)39(32-38-22-17-16-18-23-38)62-54(77)50(73)37(8)15-2/h16-18,22-23,34-37,39-43,47-50,73H,14-15,19-21,24-33H2,1-13H3,(H2,60,70)(H,61,74)(H,62,77)(H,63,76)(H,64,75)/t36?,37?,39-,40-,41-,42-,43-,47-,48-,49-,50-/m0/s1. The molecule has 0 aromatic heterocycles. The number of likely N-dealkylation sites (N-methyl/N-ethyl adjacent to an activating group) is 3. The van der Waals surface area contributed by atoms with E-state index in [1.165, 1.54) is 38.1 Å². The van der Waals surface area contributed by atoms with Gasteiger partial charge in [0.2, 0.25) is 59.1 Å². The molecule has 25 nitrogen and oxygen atoms in total. The Kier molecular flexibility index (Phi) is 28.7. The van der Waals surface area contributed by atoms with E-state index in [1.807, 2.05) is 13.0 Å². The molecule has 2 aliphatic heterocycles. The lowest BCUT2D eigenvalue weighted by atomic mass is 9.93. The van der Waals surface area contributed by atoms with Crippen molar-refractivity contribution in [1.82, 2.24) is 45.8 Å². The highest BCUT2D eigenvalue weighted by Crippen LogP contribution is 2.25. The number of aliphatic hydroxyl groups excluding tert-OH is 1. The van der Waals surface area contributed by atoms with Crippen LogP contribution < -0.4 is 27.0 Å². The zero-order chi connectivity index (χ0) is 63.3. The van der Waals surface area contributed by atoms with Crippen LogP contribution in [0.4, 0.5) is 0 Å². The minimum absolute atomic E-state index is 0.0868. The van der Waals surface area contributed by atoms with Crippen molar-refractivity contribution < 1.29 is 72.1 Å². The van der Waals surface area contributed by atoms with Crippen molar-refractivity contribution in [3.63, 3.8) is 0 Å². The van der Waals surface area contributed by atoms with Crippen molar-refractivity contribution in [1.29, 1.82) is 0 Å². The zero-order valence-electron chi connectivity index (χ0n) is 51.5. The minimum Gasteiger partial charge on any atom is -0.469 e. The number of amides is 10. The van der Waals surface area contributed by atoms with E-state index in [0.717, 1.165) is 27.4 Å². The summed E-state index contributed by atoms with van der Waals surface area (Å²) >= 11 is 0. The summed E-state index contributed by atoms with van der Waals surface area (Å²) in [4.78, 5) is 171. The van der Waals surface area contributed by atoms with E-state index >= 15 is 0 Å². The number of nitrogens with two attached hydrogens (primary N) is 1. The molecule has 0 spiro atoms. The predicted molar refractivity (Wildman–Crippen MR) is 309 cm³/mol. The first-order chi connectivity index (χ1) is 39.6. The number of hydrogen-bond acceptors (Lipinski definition) is 15. The molecule has 84 heavy (non-hydrogen) atoms. The average molecular weight is 1180 g/mol. The Hall–Kier alpha value is -7.18. The lowest BCUT2D eigenvalue weighted by Gasteiger charge is -2.40. The fraction of sp³-hybridized carbons (Fsp3) is 0.695. The molecule has 2 saturated heterocycles. The quantitative estimate of drug-likeness (QED) is 0.0561. The number of esters is 2. The van der Waals surface area contributed by atoms with Crippen molar-refractivity contribution >= 4 is 71.0 Å². The van der Waals surface area contributed by atoms with Crippen LogP contribution >= 0.6 is 0 Å². The van der Waals surface area contributed by atoms with Crippen LogP contribution in [0.5, 0.6) is 0 Å². The van der Waals surface area contributed by atoms with Gasteiger partial charge in [-0.1, -0.05) is 98.6 Å². The maximum absolute atomic E-state index is 14.8. The van der Waals surface area contributed by atoms with Gasteiger partial charge in [-0.25, -0.2) is 4.79 Å². The maximum atomic E-state index is 14.8. The number of hydrogen-bond donors (Lipinski definition) is 6. The number of piperidine rings is 1. The van der Waals surface area contributed by atoms with Gasteiger partial charge >= 0.3 is 11.9 Å². The first-order valence-electron chi connectivity index (χ1n) is 29.3. The second-order valence-electron chi connectivity index (χ2n) is 22.9. The Balaban J connectivity index is 1.84. The predicted octanol–water partition coefficient (Wildman–Crippen LogP) is 0.810. The SMILES string of the molecule is CCC(C)[C@H](O)C(=O)N[C@@H](Cc1ccccc1)C(=O)N1CCC[C@H]1C(=O)NCC(=O)N(C)[C@H](C(=O)N(C)[C@@H](CCC(N)=O)C(=O)N[C@H](C(=O)N1CCCC[C@H]1C(=O)N[C@H](C(=O)N(C)[C@@H](CCC(=O)OC)C(=O)OC)C(C)C)C(C)CC)C(C)C. The highest BCUT2D eigenvalue weighted by atomic mass is 16.5. The second kappa shape index (κ2) is 33.9. The normalized spacial score (nSPS) is 18.3. The van der Waals surface area contributed by atoms with Crippen LogP contribution in [0.15, 0.2) is 30.3 Å². The Morgan fingerprint density at radius 3 is 1.79 bits per heavy atom. The summed E-state index contributed by atoms with van der Waals surface area (Å²) in [7, 11) is 6.39. The van der Waals surface area contributed by atoms with Crippen LogP contribution in [0.2, 0.25) is 0 Å². The third kappa shape index (κ3) is 19.4. The molecule has 7 N–H and O–H groups in total. The van der Waals surface area contributed by atoms with Crippen LogP contribution in [-0.4, -0.2) is 210 Å². The first-order valence-corrected chi connectivity index (χ1v) is 29.3. The molecule has 3 rings (SSSR count). The fourth-order valence-corrected chi connectivity index (χ4v) is 10.6. The monoisotopic (exact) mass is 1180 g/mol. The van der Waals surface area contributed by atoms with Gasteiger partial charge in [0.15, 0.2) is 0 Å². The van der Waals surface area contributed by atoms with Crippen LogP contribution in [0.25, 0.3) is 0 Å². The van der Waals surface area contributed by atoms with E-state index in [9.17, 15) is 62.6 Å². The maximum Gasteiger partial charge on any atom is 0.328 e. The highest BCUT2D eigenvalue weighted by molar-refractivity contribution is 5.98. The van der Waals surface area contributed by atoms with Crippen molar-refractivity contribution in [3.8, 4) is 0 Å². The summed E-state index contributed by atoms with van der Waals surface area (Å²) in [5.74, 6) is -10.2. The summed E-state index contributed by atoms with van der Waals surface area (Å²) in [6.45, 7) is 13.6. The van der Waals surface area contributed by atoms with Crippen molar-refractivity contribution in [3.05, 3.63) is 35.9 Å². The minimum atomic E-state index is -1.41. The van der Waals surface area contributed by atoms with Crippen LogP contribution in [-0.2, 0) is 73.4 Å². The van der Waals surface area contributed by atoms with Gasteiger partial charge in [-0.15, -0.1) is 0 Å². The molecular formula is C59H94N10O15. The summed E-state index contributed by atoms with van der Waals surface area (Å²) < 4.78 is 9.63. The Bertz CT molecular complexity index is 2460. The molecule has 2 fully saturated rings. The molecular weight excluding hydrogens is 1090 g/mol. The summed E-state index contributed by atoms with van der Waals surface area (Å²) in [5.41, 5.74) is 6.31. The highest BCUT2D eigenvalue weighted by Gasteiger charge is 2.44. The van der Waals surface area contributed by atoms with E-state index in [-0.39, 0.29) is 64.0 Å². The molecule has 470 valence electrons. The van der Waals surface area contributed by atoms with Crippen LogP contribution in [0, 0.1) is 23.7 Å². The number of likely N-dealkylation sites (tertiary alicyclic amines) is 2. The van der Waals surface area contributed by atoms with Crippen molar-refractivity contribution in [2.45, 2.75) is 187 Å². The van der Waals surface area contributed by atoms with Gasteiger partial charge in [-0.3, -0.25) is 52.7 Å². The van der Waals surface area contributed by atoms with Gasteiger partial charge in [0.05, 0.1) is 20.8 Å². The van der Waals surface area contributed by atoms with E-state index in [2.05, 4.69) is 21.3 Å². The third-order valence-electron chi connectivity index (χ3n) is 16.3. The van der Waals surface area contributed by atoms with E-state index in [0.29, 0.717) is 32.1 Å². The molecule has 0 aliphatic carbocycles. The Morgan fingerprint density at radius 1 is 0.643 bits per heavy atom. The lowest BCUT2D eigenvalue weighted by molar-refractivity contribution is -0.155. The number of benzene rings is 1. The molecule has 10 amide bonds. The van der Waals surface area contributed by atoms with E-state index in [1.54, 1.807) is 72.7 Å². The molecule has 1 aromatic rings. The van der Waals surface area contributed by atoms with E-state index in [4.69, 9.17) is 15.2 Å². The average Bonchev–Trinajstić information content (AvgIpc) is 4.15. The summed E-state index contributed by atoms with van der Waals surface area (Å²) in [5, 5.41) is 21.6. The molecule has 2 heterocycles. The molecule has 25 heteroatoms. The third-order valence-corrected chi connectivity index (χ3v) is 16.3. The molecule has 2 unspecified atom stereocenters. The molecule has 0 radical (unpaired) electrons. The molecule has 1 aromatic carbocycles.